The van der Waals surface area contributed by atoms with E-state index in [0.717, 1.165) is 32.6 Å². The van der Waals surface area contributed by atoms with Crippen molar-refractivity contribution < 1.29 is 19.2 Å². The van der Waals surface area contributed by atoms with Gasteiger partial charge < -0.3 is 19.4 Å². The lowest BCUT2D eigenvalue weighted by atomic mass is 9.86. The Morgan fingerprint density at radius 3 is 2.57 bits per heavy atom. The monoisotopic (exact) mass is 392 g/mol. The lowest BCUT2D eigenvalue weighted by Crippen LogP contribution is -2.57. The molecule has 0 saturated carbocycles. The van der Waals surface area contributed by atoms with Crippen LogP contribution in [0.5, 0.6) is 0 Å². The number of piperidine rings is 1. The molecular formula is C20H32N4O4. The number of nitrogens with zero attached hydrogens (tertiary/aromatic N) is 4. The van der Waals surface area contributed by atoms with Crippen molar-refractivity contribution >= 4 is 11.9 Å². The van der Waals surface area contributed by atoms with Crippen LogP contribution >= 0.6 is 0 Å². The summed E-state index contributed by atoms with van der Waals surface area (Å²) in [5.41, 5.74) is 1.28. The SMILES string of the molecule is CCc1noc(C)c1C(=O)N1CC[C@@H](N2CCN(C)CC2)[C@@H](CCC(=O)O)C1. The predicted molar refractivity (Wildman–Crippen MR) is 104 cm³/mol. The Labute approximate surface area is 166 Å². The number of carbonyl (C=O) groups is 2. The molecule has 1 aromatic rings. The zero-order valence-corrected chi connectivity index (χ0v) is 17.2. The molecule has 1 amide bonds. The smallest absolute Gasteiger partial charge is 0.303 e. The maximum atomic E-state index is 13.2. The number of piperazine rings is 1. The average Bonchev–Trinajstić information content (AvgIpc) is 3.06. The van der Waals surface area contributed by atoms with Crippen LogP contribution in [-0.4, -0.2) is 89.2 Å². The Bertz CT molecular complexity index is 696. The van der Waals surface area contributed by atoms with Crippen LogP contribution in [0.3, 0.4) is 0 Å². The van der Waals surface area contributed by atoms with Gasteiger partial charge in [0.2, 0.25) is 0 Å². The number of aliphatic carboxylic acids is 1. The third-order valence-corrected chi connectivity index (χ3v) is 6.20. The molecule has 28 heavy (non-hydrogen) atoms. The van der Waals surface area contributed by atoms with Gasteiger partial charge in [0.25, 0.3) is 5.91 Å². The van der Waals surface area contributed by atoms with Crippen molar-refractivity contribution in [2.75, 3.05) is 46.3 Å². The molecule has 0 unspecified atom stereocenters. The molecule has 0 aromatic carbocycles. The van der Waals surface area contributed by atoms with Gasteiger partial charge in [-0.25, -0.2) is 0 Å². The van der Waals surface area contributed by atoms with Crippen LogP contribution in [0.25, 0.3) is 0 Å². The second-order valence-corrected chi connectivity index (χ2v) is 8.05. The molecule has 2 aliphatic rings. The Balaban J connectivity index is 1.73. The van der Waals surface area contributed by atoms with Crippen LogP contribution in [0, 0.1) is 12.8 Å². The first-order chi connectivity index (χ1) is 13.4. The molecule has 8 heteroatoms. The molecule has 0 aliphatic carbocycles. The fraction of sp³-hybridized carbons (Fsp3) is 0.750. The third-order valence-electron chi connectivity index (χ3n) is 6.20. The van der Waals surface area contributed by atoms with Gasteiger partial charge >= 0.3 is 5.97 Å². The van der Waals surface area contributed by atoms with Crippen LogP contribution in [0.4, 0.5) is 0 Å². The summed E-state index contributed by atoms with van der Waals surface area (Å²) < 4.78 is 5.24. The highest BCUT2D eigenvalue weighted by molar-refractivity contribution is 5.96. The molecule has 3 rings (SSSR count). The van der Waals surface area contributed by atoms with Crippen molar-refractivity contribution in [2.45, 2.75) is 45.6 Å². The van der Waals surface area contributed by atoms with Crippen molar-refractivity contribution in [3.8, 4) is 0 Å². The van der Waals surface area contributed by atoms with Crippen LogP contribution in [0.15, 0.2) is 4.52 Å². The van der Waals surface area contributed by atoms with Gasteiger partial charge in [-0.05, 0) is 39.2 Å². The Kier molecular flexibility index (Phi) is 6.72. The molecule has 2 atom stereocenters. The van der Waals surface area contributed by atoms with Crippen LogP contribution in [0.1, 0.15) is 48.0 Å². The first-order valence-electron chi connectivity index (χ1n) is 10.3. The van der Waals surface area contributed by atoms with Gasteiger partial charge in [0.15, 0.2) is 0 Å². The van der Waals surface area contributed by atoms with Crippen molar-refractivity contribution in [3.63, 3.8) is 0 Å². The molecule has 2 saturated heterocycles. The largest absolute Gasteiger partial charge is 0.481 e. The number of likely N-dealkylation sites (N-methyl/N-ethyl adjacent to an activating group) is 1. The highest BCUT2D eigenvalue weighted by Crippen LogP contribution is 2.29. The van der Waals surface area contributed by atoms with E-state index in [1.165, 1.54) is 0 Å². The molecule has 156 valence electrons. The van der Waals surface area contributed by atoms with E-state index in [9.17, 15) is 14.7 Å². The lowest BCUT2D eigenvalue weighted by molar-refractivity contribution is -0.137. The quantitative estimate of drug-likeness (QED) is 0.784. The van der Waals surface area contributed by atoms with E-state index in [4.69, 9.17) is 4.52 Å². The third kappa shape index (κ3) is 4.55. The van der Waals surface area contributed by atoms with Crippen LogP contribution in [0.2, 0.25) is 0 Å². The number of hydrogen-bond acceptors (Lipinski definition) is 6. The molecule has 0 bridgehead atoms. The number of aryl methyl sites for hydroxylation is 2. The number of aromatic nitrogens is 1. The number of carboxylic acid groups (broad SMARTS) is 1. The summed E-state index contributed by atoms with van der Waals surface area (Å²) in [7, 11) is 2.13. The minimum absolute atomic E-state index is 0.0345. The maximum absolute atomic E-state index is 13.2. The lowest BCUT2D eigenvalue weighted by Gasteiger charge is -2.46. The second-order valence-electron chi connectivity index (χ2n) is 8.05. The van der Waals surface area contributed by atoms with Gasteiger partial charge in [-0.1, -0.05) is 12.1 Å². The first kappa shape index (κ1) is 20.8. The Hall–Kier alpha value is -1.93. The van der Waals surface area contributed by atoms with E-state index < -0.39 is 5.97 Å². The summed E-state index contributed by atoms with van der Waals surface area (Å²) in [6, 6.07) is 0.339. The van der Waals surface area contributed by atoms with Crippen molar-refractivity contribution in [2.24, 2.45) is 5.92 Å². The summed E-state index contributed by atoms with van der Waals surface area (Å²) in [5.74, 6) is -0.0796. The molecule has 0 spiro atoms. The Morgan fingerprint density at radius 1 is 1.21 bits per heavy atom. The number of carboxylic acids is 1. The molecule has 1 N–H and O–H groups in total. The number of rotatable bonds is 6. The van der Waals surface area contributed by atoms with Gasteiger partial charge in [-0.2, -0.15) is 0 Å². The second kappa shape index (κ2) is 9.05. The minimum Gasteiger partial charge on any atom is -0.481 e. The van der Waals surface area contributed by atoms with Crippen molar-refractivity contribution in [1.82, 2.24) is 19.9 Å². The van der Waals surface area contributed by atoms with E-state index in [1.54, 1.807) is 6.92 Å². The van der Waals surface area contributed by atoms with Gasteiger partial charge in [0.1, 0.15) is 11.3 Å². The summed E-state index contributed by atoms with van der Waals surface area (Å²) in [6.45, 7) is 9.09. The zero-order valence-electron chi connectivity index (χ0n) is 17.2. The van der Waals surface area contributed by atoms with Crippen LogP contribution < -0.4 is 0 Å². The van der Waals surface area contributed by atoms with Gasteiger partial charge in [-0.15, -0.1) is 0 Å². The van der Waals surface area contributed by atoms with E-state index in [1.807, 2.05) is 11.8 Å². The summed E-state index contributed by atoms with van der Waals surface area (Å²) in [6.07, 6.45) is 2.27. The van der Waals surface area contributed by atoms with Gasteiger partial charge in [0.05, 0.1) is 5.69 Å². The highest BCUT2D eigenvalue weighted by atomic mass is 16.5. The normalized spacial score (nSPS) is 24.5. The van der Waals surface area contributed by atoms with E-state index in [2.05, 4.69) is 22.0 Å². The molecule has 3 heterocycles. The molecule has 2 aliphatic heterocycles. The zero-order chi connectivity index (χ0) is 20.3. The van der Waals surface area contributed by atoms with Crippen LogP contribution in [-0.2, 0) is 11.2 Å². The fourth-order valence-corrected chi connectivity index (χ4v) is 4.52. The molecule has 8 nitrogen and oxygen atoms in total. The average molecular weight is 393 g/mol. The van der Waals surface area contributed by atoms with Crippen molar-refractivity contribution in [3.05, 3.63) is 17.0 Å². The number of likely N-dealkylation sites (tertiary alicyclic amines) is 1. The molecule has 2 fully saturated rings. The number of amides is 1. The highest BCUT2D eigenvalue weighted by Gasteiger charge is 2.37. The van der Waals surface area contributed by atoms with Gasteiger partial charge in [-0.3, -0.25) is 14.5 Å². The summed E-state index contributed by atoms with van der Waals surface area (Å²) >= 11 is 0. The number of hydrogen-bond donors (Lipinski definition) is 1. The predicted octanol–water partition coefficient (Wildman–Crippen LogP) is 1.49. The Morgan fingerprint density at radius 2 is 1.93 bits per heavy atom. The van der Waals surface area contributed by atoms with E-state index >= 15 is 0 Å². The van der Waals surface area contributed by atoms with E-state index in [0.29, 0.717) is 49.0 Å². The molecule has 1 aromatic heterocycles. The first-order valence-corrected chi connectivity index (χ1v) is 10.3. The minimum atomic E-state index is -0.774. The summed E-state index contributed by atoms with van der Waals surface area (Å²) in [5, 5.41) is 13.2. The summed E-state index contributed by atoms with van der Waals surface area (Å²) in [4.78, 5) is 31.0. The van der Waals surface area contributed by atoms with Gasteiger partial charge in [0, 0.05) is 51.7 Å². The van der Waals surface area contributed by atoms with Crippen molar-refractivity contribution in [1.29, 1.82) is 0 Å². The fourth-order valence-electron chi connectivity index (χ4n) is 4.52. The molecule has 0 radical (unpaired) electrons. The number of carbonyl (C=O) groups excluding carboxylic acids is 1. The standard InChI is InChI=1S/C20H32N4O4/c1-4-16-19(14(2)28-21-16)20(27)24-8-7-17(15(13-24)5-6-18(25)26)23-11-9-22(3)10-12-23/h15,17H,4-13H2,1-3H3,(H,25,26)/t15-,17+/m0/s1. The topological polar surface area (TPSA) is 90.1 Å². The molecular weight excluding hydrogens is 360 g/mol. The maximum Gasteiger partial charge on any atom is 0.303 e. The van der Waals surface area contributed by atoms with E-state index in [-0.39, 0.29) is 18.2 Å².